The molecular weight excluding hydrogens is 318 g/mol. The molecule has 1 fully saturated rings. The standard InChI is InChI=1S/C15H23N3O4S/c1-12-3-4-13(11-14(12)15(19)16-2)23(20,21)17-5-6-18-7-9-22-10-8-18/h3-4,11,17H,5-10H2,1-2H3,(H,16,19)/p+1. The number of rotatable bonds is 6. The summed E-state index contributed by atoms with van der Waals surface area (Å²) in [5.41, 5.74) is 1.11. The smallest absolute Gasteiger partial charge is 0.251 e. The van der Waals surface area contributed by atoms with E-state index in [4.69, 9.17) is 4.74 Å². The average molecular weight is 342 g/mol. The Labute approximate surface area is 137 Å². The van der Waals surface area contributed by atoms with Gasteiger partial charge in [-0.3, -0.25) is 4.79 Å². The van der Waals surface area contributed by atoms with Crippen LogP contribution in [0.3, 0.4) is 0 Å². The first-order chi connectivity index (χ1) is 10.9. The first-order valence-electron chi connectivity index (χ1n) is 7.68. The topological polar surface area (TPSA) is 88.9 Å². The van der Waals surface area contributed by atoms with E-state index < -0.39 is 10.0 Å². The van der Waals surface area contributed by atoms with Gasteiger partial charge in [0.15, 0.2) is 0 Å². The van der Waals surface area contributed by atoms with Gasteiger partial charge in [-0.05, 0) is 24.6 Å². The van der Waals surface area contributed by atoms with Gasteiger partial charge in [-0.25, -0.2) is 13.1 Å². The summed E-state index contributed by atoms with van der Waals surface area (Å²) in [5.74, 6) is -0.294. The van der Waals surface area contributed by atoms with Gasteiger partial charge in [0.2, 0.25) is 10.0 Å². The molecule has 128 valence electrons. The molecular formula is C15H24N3O4S+. The van der Waals surface area contributed by atoms with E-state index in [1.165, 1.54) is 24.1 Å². The Hall–Kier alpha value is -1.48. The summed E-state index contributed by atoms with van der Waals surface area (Å²) in [6.45, 7) is 6.08. The van der Waals surface area contributed by atoms with Crippen LogP contribution in [0.1, 0.15) is 15.9 Å². The van der Waals surface area contributed by atoms with Gasteiger partial charge >= 0.3 is 0 Å². The van der Waals surface area contributed by atoms with Crippen molar-refractivity contribution in [2.75, 3.05) is 46.4 Å². The number of carbonyl (C=O) groups is 1. The second-order valence-corrected chi connectivity index (χ2v) is 7.33. The molecule has 2 rings (SSSR count). The first kappa shape index (κ1) is 17.9. The maximum atomic E-state index is 12.4. The van der Waals surface area contributed by atoms with E-state index in [1.54, 1.807) is 13.0 Å². The van der Waals surface area contributed by atoms with Gasteiger partial charge in [-0.1, -0.05) is 6.07 Å². The first-order valence-corrected chi connectivity index (χ1v) is 9.16. The Morgan fingerprint density at radius 2 is 2.00 bits per heavy atom. The number of amides is 1. The number of aryl methyl sites for hydroxylation is 1. The second kappa shape index (κ2) is 7.87. The number of carbonyl (C=O) groups excluding carboxylic acids is 1. The van der Waals surface area contributed by atoms with Crippen LogP contribution in [0.15, 0.2) is 23.1 Å². The van der Waals surface area contributed by atoms with Crippen molar-refractivity contribution in [2.24, 2.45) is 0 Å². The maximum Gasteiger partial charge on any atom is 0.251 e. The van der Waals surface area contributed by atoms with Crippen LogP contribution in [0.5, 0.6) is 0 Å². The van der Waals surface area contributed by atoms with E-state index in [-0.39, 0.29) is 10.8 Å². The number of nitrogens with one attached hydrogen (secondary N) is 3. The third kappa shape index (κ3) is 4.74. The molecule has 23 heavy (non-hydrogen) atoms. The van der Waals surface area contributed by atoms with Gasteiger partial charge in [0.1, 0.15) is 13.1 Å². The number of sulfonamides is 1. The summed E-state index contributed by atoms with van der Waals surface area (Å²) in [6.07, 6.45) is 0. The van der Waals surface area contributed by atoms with Crippen molar-refractivity contribution in [3.05, 3.63) is 29.3 Å². The summed E-state index contributed by atoms with van der Waals surface area (Å²) < 4.78 is 32.6. The van der Waals surface area contributed by atoms with E-state index >= 15 is 0 Å². The predicted molar refractivity (Wildman–Crippen MR) is 86.1 cm³/mol. The molecule has 7 nitrogen and oxygen atoms in total. The molecule has 0 aliphatic carbocycles. The number of hydrogen-bond acceptors (Lipinski definition) is 4. The zero-order valence-corrected chi connectivity index (χ0v) is 14.3. The van der Waals surface area contributed by atoms with Crippen molar-refractivity contribution in [1.82, 2.24) is 10.0 Å². The molecule has 1 heterocycles. The average Bonchev–Trinajstić information content (AvgIpc) is 2.55. The van der Waals surface area contributed by atoms with E-state index in [1.807, 2.05) is 0 Å². The lowest BCUT2D eigenvalue weighted by Crippen LogP contribution is -3.14. The third-order valence-corrected chi connectivity index (χ3v) is 5.42. The molecule has 0 aromatic heterocycles. The molecule has 0 bridgehead atoms. The fourth-order valence-corrected chi connectivity index (χ4v) is 3.56. The zero-order chi connectivity index (χ0) is 16.9. The monoisotopic (exact) mass is 342 g/mol. The van der Waals surface area contributed by atoms with Crippen LogP contribution in [-0.4, -0.2) is 60.8 Å². The van der Waals surface area contributed by atoms with E-state index in [0.717, 1.165) is 38.4 Å². The Kier molecular flexibility index (Phi) is 6.11. The molecule has 3 N–H and O–H groups in total. The number of benzene rings is 1. The number of quaternary nitrogens is 1. The highest BCUT2D eigenvalue weighted by Gasteiger charge is 2.19. The van der Waals surface area contributed by atoms with Crippen LogP contribution < -0.4 is 14.9 Å². The van der Waals surface area contributed by atoms with Crippen LogP contribution in [-0.2, 0) is 14.8 Å². The molecule has 1 aromatic carbocycles. The van der Waals surface area contributed by atoms with E-state index in [0.29, 0.717) is 12.1 Å². The zero-order valence-electron chi connectivity index (χ0n) is 13.5. The van der Waals surface area contributed by atoms with Crippen molar-refractivity contribution in [2.45, 2.75) is 11.8 Å². The lowest BCUT2D eigenvalue weighted by molar-refractivity contribution is -0.906. The van der Waals surface area contributed by atoms with Crippen molar-refractivity contribution >= 4 is 15.9 Å². The Bertz CT molecular complexity index is 655. The number of ether oxygens (including phenoxy) is 1. The highest BCUT2D eigenvalue weighted by atomic mass is 32.2. The molecule has 8 heteroatoms. The van der Waals surface area contributed by atoms with Gasteiger partial charge in [0.05, 0.1) is 31.2 Å². The summed E-state index contributed by atoms with van der Waals surface area (Å²) >= 11 is 0. The molecule has 0 unspecified atom stereocenters. The summed E-state index contributed by atoms with van der Waals surface area (Å²) in [7, 11) is -2.10. The van der Waals surface area contributed by atoms with Crippen molar-refractivity contribution < 1.29 is 22.8 Å². The Morgan fingerprint density at radius 1 is 1.30 bits per heavy atom. The number of morpholine rings is 1. The highest BCUT2D eigenvalue weighted by Crippen LogP contribution is 2.15. The molecule has 0 spiro atoms. The van der Waals surface area contributed by atoms with Gasteiger partial charge in [-0.15, -0.1) is 0 Å². The quantitative estimate of drug-likeness (QED) is 0.590. The normalized spacial score (nSPS) is 16.3. The third-order valence-electron chi connectivity index (χ3n) is 3.96. The van der Waals surface area contributed by atoms with Gasteiger partial charge in [0.25, 0.3) is 5.91 Å². The summed E-state index contributed by atoms with van der Waals surface area (Å²) in [5, 5.41) is 2.52. The SMILES string of the molecule is CNC(=O)c1cc(S(=O)(=O)NCC[NH+]2CCOCC2)ccc1C. The van der Waals surface area contributed by atoms with Crippen LogP contribution in [0, 0.1) is 6.92 Å². The molecule has 1 saturated heterocycles. The van der Waals surface area contributed by atoms with Crippen LogP contribution in [0.25, 0.3) is 0 Å². The van der Waals surface area contributed by atoms with Crippen LogP contribution >= 0.6 is 0 Å². The van der Waals surface area contributed by atoms with Crippen LogP contribution in [0.4, 0.5) is 0 Å². The highest BCUT2D eigenvalue weighted by molar-refractivity contribution is 7.89. The lowest BCUT2D eigenvalue weighted by atomic mass is 10.1. The molecule has 1 aliphatic heterocycles. The minimum Gasteiger partial charge on any atom is -0.370 e. The predicted octanol–water partition coefficient (Wildman–Crippen LogP) is -1.45. The van der Waals surface area contributed by atoms with E-state index in [2.05, 4.69) is 10.0 Å². The minimum atomic E-state index is -3.62. The largest absolute Gasteiger partial charge is 0.370 e. The van der Waals surface area contributed by atoms with Crippen LogP contribution in [0.2, 0.25) is 0 Å². The fraction of sp³-hybridized carbons (Fsp3) is 0.533. The minimum absolute atomic E-state index is 0.110. The molecule has 0 radical (unpaired) electrons. The summed E-state index contributed by atoms with van der Waals surface area (Å²) in [6, 6.07) is 4.58. The molecule has 0 atom stereocenters. The molecule has 1 aromatic rings. The van der Waals surface area contributed by atoms with Crippen molar-refractivity contribution in [1.29, 1.82) is 0 Å². The second-order valence-electron chi connectivity index (χ2n) is 5.57. The molecule has 1 aliphatic rings. The number of hydrogen-bond donors (Lipinski definition) is 3. The van der Waals surface area contributed by atoms with Crippen molar-refractivity contribution in [3.63, 3.8) is 0 Å². The fourth-order valence-electron chi connectivity index (χ4n) is 2.50. The molecule has 1 amide bonds. The van der Waals surface area contributed by atoms with Gasteiger partial charge < -0.3 is 15.0 Å². The Morgan fingerprint density at radius 3 is 2.65 bits per heavy atom. The lowest BCUT2D eigenvalue weighted by Gasteiger charge is -2.23. The van der Waals surface area contributed by atoms with Gasteiger partial charge in [-0.2, -0.15) is 0 Å². The van der Waals surface area contributed by atoms with E-state index in [9.17, 15) is 13.2 Å². The maximum absolute atomic E-state index is 12.4. The summed E-state index contributed by atoms with van der Waals surface area (Å²) in [4.78, 5) is 13.2. The van der Waals surface area contributed by atoms with Crippen molar-refractivity contribution in [3.8, 4) is 0 Å². The Balaban J connectivity index is 2.02. The van der Waals surface area contributed by atoms with Gasteiger partial charge in [0, 0.05) is 12.6 Å². The molecule has 0 saturated carbocycles.